The van der Waals surface area contributed by atoms with Crippen LogP contribution in [0.3, 0.4) is 0 Å². The van der Waals surface area contributed by atoms with Crippen LogP contribution in [0.1, 0.15) is 58.8 Å². The van der Waals surface area contributed by atoms with Crippen molar-refractivity contribution >= 4 is 11.8 Å². The van der Waals surface area contributed by atoms with E-state index in [1.807, 2.05) is 0 Å². The molecule has 1 spiro atoms. The Morgan fingerprint density at radius 3 is 2.55 bits per heavy atom. The van der Waals surface area contributed by atoms with Crippen molar-refractivity contribution in [1.29, 1.82) is 0 Å². The first-order valence-electron chi connectivity index (χ1n) is 8.48. The van der Waals surface area contributed by atoms with Crippen LogP contribution >= 0.6 is 11.8 Å². The molecule has 2 heterocycles. The van der Waals surface area contributed by atoms with Gasteiger partial charge in [-0.15, -0.1) is 0 Å². The summed E-state index contributed by atoms with van der Waals surface area (Å²) < 4.78 is 6.20. The summed E-state index contributed by atoms with van der Waals surface area (Å²) >= 11 is 2.06. The Labute approximate surface area is 128 Å². The van der Waals surface area contributed by atoms with Crippen LogP contribution < -0.4 is 0 Å². The predicted molar refractivity (Wildman–Crippen MR) is 85.1 cm³/mol. The minimum Gasteiger partial charge on any atom is -0.389 e. The lowest BCUT2D eigenvalue weighted by molar-refractivity contribution is -0.172. The van der Waals surface area contributed by atoms with Gasteiger partial charge in [0.25, 0.3) is 0 Å². The fourth-order valence-electron chi connectivity index (χ4n) is 4.80. The van der Waals surface area contributed by atoms with Crippen LogP contribution in [0.15, 0.2) is 0 Å². The Bertz CT molecular complexity index is 334. The molecule has 2 saturated heterocycles. The second-order valence-corrected chi connectivity index (χ2v) is 8.83. The molecule has 2 aliphatic heterocycles. The highest BCUT2D eigenvalue weighted by atomic mass is 32.2. The van der Waals surface area contributed by atoms with Gasteiger partial charge in [0.2, 0.25) is 0 Å². The number of ether oxygens (including phenoxy) is 1. The van der Waals surface area contributed by atoms with Crippen molar-refractivity contribution in [2.24, 2.45) is 17.8 Å². The third-order valence-corrected chi connectivity index (χ3v) is 7.24. The van der Waals surface area contributed by atoms with Crippen LogP contribution in [-0.4, -0.2) is 34.4 Å². The lowest BCUT2D eigenvalue weighted by Crippen LogP contribution is -2.54. The van der Waals surface area contributed by atoms with E-state index in [1.165, 1.54) is 37.2 Å². The van der Waals surface area contributed by atoms with E-state index in [4.69, 9.17) is 4.74 Å². The number of rotatable bonds is 1. The highest BCUT2D eigenvalue weighted by molar-refractivity contribution is 7.99. The zero-order valence-electron chi connectivity index (χ0n) is 13.1. The summed E-state index contributed by atoms with van der Waals surface area (Å²) in [6.45, 7) is 5.47. The minimum absolute atomic E-state index is 0.104. The molecule has 3 rings (SSSR count). The van der Waals surface area contributed by atoms with Crippen LogP contribution in [0.4, 0.5) is 0 Å². The summed E-state index contributed by atoms with van der Waals surface area (Å²) in [7, 11) is 0. The van der Waals surface area contributed by atoms with E-state index >= 15 is 0 Å². The zero-order valence-corrected chi connectivity index (χ0v) is 13.9. The SMILES string of the molecule is CC1CCC(O)(C2CCOC3(CCSCC3)C2)C(C)C1. The van der Waals surface area contributed by atoms with Gasteiger partial charge in [-0.1, -0.05) is 13.8 Å². The average molecular weight is 298 g/mol. The van der Waals surface area contributed by atoms with E-state index in [9.17, 15) is 5.11 Å². The quantitative estimate of drug-likeness (QED) is 0.797. The topological polar surface area (TPSA) is 29.5 Å². The van der Waals surface area contributed by atoms with Crippen LogP contribution in [0, 0.1) is 17.8 Å². The van der Waals surface area contributed by atoms with E-state index in [1.54, 1.807) is 0 Å². The van der Waals surface area contributed by atoms with Gasteiger partial charge in [0.1, 0.15) is 0 Å². The molecule has 2 nitrogen and oxygen atoms in total. The molecule has 4 unspecified atom stereocenters. The molecule has 3 fully saturated rings. The Kier molecular flexibility index (Phi) is 4.41. The molecule has 0 amide bonds. The molecule has 1 N–H and O–H groups in total. The molecule has 116 valence electrons. The molecule has 1 aliphatic carbocycles. The summed E-state index contributed by atoms with van der Waals surface area (Å²) in [6, 6.07) is 0. The highest BCUT2D eigenvalue weighted by Crippen LogP contribution is 2.49. The fourth-order valence-corrected chi connectivity index (χ4v) is 6.04. The van der Waals surface area contributed by atoms with Crippen molar-refractivity contribution in [2.45, 2.75) is 70.0 Å². The van der Waals surface area contributed by atoms with Gasteiger partial charge in [-0.3, -0.25) is 0 Å². The van der Waals surface area contributed by atoms with Crippen LogP contribution in [0.25, 0.3) is 0 Å². The molecule has 0 aromatic carbocycles. The maximum atomic E-state index is 11.3. The van der Waals surface area contributed by atoms with Gasteiger partial charge in [-0.2, -0.15) is 11.8 Å². The molecule has 1 saturated carbocycles. The number of thioether (sulfide) groups is 1. The average Bonchev–Trinajstić information content (AvgIpc) is 2.44. The molecule has 0 bridgehead atoms. The predicted octanol–water partition coefficient (Wildman–Crippen LogP) is 3.87. The maximum Gasteiger partial charge on any atom is 0.0703 e. The van der Waals surface area contributed by atoms with Crippen molar-refractivity contribution in [3.05, 3.63) is 0 Å². The third-order valence-electron chi connectivity index (χ3n) is 6.25. The smallest absolute Gasteiger partial charge is 0.0703 e. The minimum atomic E-state index is -0.423. The van der Waals surface area contributed by atoms with Gasteiger partial charge >= 0.3 is 0 Å². The van der Waals surface area contributed by atoms with Crippen LogP contribution in [0.5, 0.6) is 0 Å². The van der Waals surface area contributed by atoms with E-state index in [0.717, 1.165) is 31.8 Å². The lowest BCUT2D eigenvalue weighted by atomic mass is 9.62. The fraction of sp³-hybridized carbons (Fsp3) is 1.00. The van der Waals surface area contributed by atoms with Gasteiger partial charge in [-0.05, 0) is 74.2 Å². The van der Waals surface area contributed by atoms with E-state index in [-0.39, 0.29) is 5.60 Å². The normalized spacial score (nSPS) is 45.5. The molecular formula is C17H30O2S. The van der Waals surface area contributed by atoms with Crippen molar-refractivity contribution in [1.82, 2.24) is 0 Å². The summed E-state index contributed by atoms with van der Waals surface area (Å²) in [5.74, 6) is 4.16. The van der Waals surface area contributed by atoms with Gasteiger partial charge < -0.3 is 9.84 Å². The first-order chi connectivity index (χ1) is 9.54. The zero-order chi connectivity index (χ0) is 14.2. The van der Waals surface area contributed by atoms with Crippen LogP contribution in [-0.2, 0) is 4.74 Å². The Balaban J connectivity index is 1.72. The van der Waals surface area contributed by atoms with Gasteiger partial charge in [0.15, 0.2) is 0 Å². The molecule has 0 aromatic rings. The molecular weight excluding hydrogens is 268 g/mol. The first kappa shape index (κ1) is 15.2. The standard InChI is InChI=1S/C17H30O2S/c1-13-3-5-17(18,14(2)11-13)15-4-8-19-16(12-15)6-9-20-10-7-16/h13-15,18H,3-12H2,1-2H3. The third kappa shape index (κ3) is 2.78. The van der Waals surface area contributed by atoms with Gasteiger partial charge in [0, 0.05) is 6.61 Å². The summed E-state index contributed by atoms with van der Waals surface area (Å²) in [5, 5.41) is 11.3. The van der Waals surface area contributed by atoms with Crippen molar-refractivity contribution in [2.75, 3.05) is 18.1 Å². The van der Waals surface area contributed by atoms with Gasteiger partial charge in [0.05, 0.1) is 11.2 Å². The highest BCUT2D eigenvalue weighted by Gasteiger charge is 2.49. The molecule has 3 aliphatic rings. The monoisotopic (exact) mass is 298 g/mol. The Hall–Kier alpha value is 0.270. The summed E-state index contributed by atoms with van der Waals surface area (Å²) in [4.78, 5) is 0. The van der Waals surface area contributed by atoms with Crippen molar-refractivity contribution < 1.29 is 9.84 Å². The number of hydrogen-bond acceptors (Lipinski definition) is 3. The van der Waals surface area contributed by atoms with Crippen molar-refractivity contribution in [3.8, 4) is 0 Å². The number of aliphatic hydroxyl groups is 1. The van der Waals surface area contributed by atoms with Crippen LogP contribution in [0.2, 0.25) is 0 Å². The van der Waals surface area contributed by atoms with E-state index in [2.05, 4.69) is 25.6 Å². The van der Waals surface area contributed by atoms with Gasteiger partial charge in [-0.25, -0.2) is 0 Å². The lowest BCUT2D eigenvalue weighted by Gasteiger charge is -2.52. The Morgan fingerprint density at radius 2 is 1.85 bits per heavy atom. The first-order valence-corrected chi connectivity index (χ1v) is 9.64. The van der Waals surface area contributed by atoms with E-state index in [0.29, 0.717) is 11.8 Å². The summed E-state index contributed by atoms with van der Waals surface area (Å²) in [6.07, 6.45) is 7.93. The maximum absolute atomic E-state index is 11.3. The second kappa shape index (κ2) is 5.81. The molecule has 0 radical (unpaired) electrons. The molecule has 3 heteroatoms. The van der Waals surface area contributed by atoms with E-state index < -0.39 is 5.60 Å². The largest absolute Gasteiger partial charge is 0.389 e. The number of hydrogen-bond donors (Lipinski definition) is 1. The second-order valence-electron chi connectivity index (χ2n) is 7.61. The molecule has 4 atom stereocenters. The molecule has 20 heavy (non-hydrogen) atoms. The molecule has 0 aromatic heterocycles. The Morgan fingerprint density at radius 1 is 1.10 bits per heavy atom. The van der Waals surface area contributed by atoms with Crippen molar-refractivity contribution in [3.63, 3.8) is 0 Å². The summed E-state index contributed by atoms with van der Waals surface area (Å²) in [5.41, 5.74) is -0.319.